The number of fused-ring (bicyclic) bond motifs is 1. The highest BCUT2D eigenvalue weighted by Crippen LogP contribution is 2.30. The van der Waals surface area contributed by atoms with Crippen molar-refractivity contribution in [2.75, 3.05) is 31.1 Å². The Kier molecular flexibility index (Phi) is 4.65. The molecule has 4 rings (SSSR count). The van der Waals surface area contributed by atoms with Crippen LogP contribution in [0.15, 0.2) is 42.9 Å². The van der Waals surface area contributed by atoms with Crippen LogP contribution in [-0.2, 0) is 12.7 Å². The number of nitriles is 1. The maximum absolute atomic E-state index is 13.0. The van der Waals surface area contributed by atoms with E-state index in [0.717, 1.165) is 31.4 Å². The minimum atomic E-state index is -4.48. The summed E-state index contributed by atoms with van der Waals surface area (Å²) in [5.41, 5.74) is 1.05. The summed E-state index contributed by atoms with van der Waals surface area (Å²) in [6.45, 7) is 3.58. The monoisotopic (exact) mass is 386 g/mol. The fourth-order valence-corrected chi connectivity index (χ4v) is 3.33. The summed E-state index contributed by atoms with van der Waals surface area (Å²) < 4.78 is 40.3. The van der Waals surface area contributed by atoms with E-state index in [9.17, 15) is 13.2 Å². The summed E-state index contributed by atoms with van der Waals surface area (Å²) in [5, 5.41) is 8.87. The second-order valence-electron chi connectivity index (χ2n) is 6.68. The largest absolute Gasteiger partial charge is 0.434 e. The van der Waals surface area contributed by atoms with Crippen molar-refractivity contribution in [2.24, 2.45) is 0 Å². The van der Waals surface area contributed by atoms with Gasteiger partial charge in [0.25, 0.3) is 0 Å². The van der Waals surface area contributed by atoms with Crippen molar-refractivity contribution >= 4 is 11.5 Å². The number of alkyl halides is 3. The summed E-state index contributed by atoms with van der Waals surface area (Å²) in [6, 6.07) is 9.58. The molecule has 0 atom stereocenters. The number of rotatable bonds is 3. The number of imidazole rings is 1. The molecule has 0 saturated carbocycles. The van der Waals surface area contributed by atoms with Crippen LogP contribution in [0.3, 0.4) is 0 Å². The number of nitrogens with zero attached hydrogens (tertiary/aromatic N) is 6. The Morgan fingerprint density at radius 2 is 1.79 bits per heavy atom. The number of hydrogen-bond acceptors (Lipinski definition) is 5. The maximum Gasteiger partial charge on any atom is 0.434 e. The van der Waals surface area contributed by atoms with Crippen LogP contribution in [0.1, 0.15) is 16.8 Å². The molecule has 2 aromatic heterocycles. The van der Waals surface area contributed by atoms with Crippen LogP contribution in [0.5, 0.6) is 0 Å². The van der Waals surface area contributed by atoms with Gasteiger partial charge in [-0.25, -0.2) is 9.97 Å². The molecule has 1 aliphatic rings. The highest BCUT2D eigenvalue weighted by Gasteiger charge is 2.34. The predicted molar refractivity (Wildman–Crippen MR) is 96.6 cm³/mol. The lowest BCUT2D eigenvalue weighted by Gasteiger charge is -2.35. The number of anilines is 1. The molecule has 0 radical (unpaired) electrons. The van der Waals surface area contributed by atoms with E-state index in [0.29, 0.717) is 24.5 Å². The normalized spacial score (nSPS) is 15.7. The molecule has 6 nitrogen and oxygen atoms in total. The molecule has 0 aliphatic carbocycles. The van der Waals surface area contributed by atoms with Gasteiger partial charge in [-0.3, -0.25) is 4.90 Å². The van der Waals surface area contributed by atoms with Gasteiger partial charge >= 0.3 is 6.18 Å². The van der Waals surface area contributed by atoms with Gasteiger partial charge in [-0.2, -0.15) is 18.4 Å². The van der Waals surface area contributed by atoms with Gasteiger partial charge in [-0.15, -0.1) is 0 Å². The highest BCUT2D eigenvalue weighted by molar-refractivity contribution is 5.64. The highest BCUT2D eigenvalue weighted by atomic mass is 19.4. The molecule has 1 saturated heterocycles. The summed E-state index contributed by atoms with van der Waals surface area (Å²) in [5.74, 6) is 0.469. The zero-order chi connectivity index (χ0) is 19.7. The predicted octanol–water partition coefficient (Wildman–Crippen LogP) is 2.94. The number of benzene rings is 1. The van der Waals surface area contributed by atoms with Crippen molar-refractivity contribution in [3.05, 3.63) is 59.7 Å². The molecular formula is C19H17F3N6. The lowest BCUT2D eigenvalue weighted by Crippen LogP contribution is -2.46. The Bertz CT molecular complexity index is 1010. The van der Waals surface area contributed by atoms with Gasteiger partial charge in [0.2, 0.25) is 0 Å². The quantitative estimate of drug-likeness (QED) is 0.693. The van der Waals surface area contributed by atoms with Gasteiger partial charge in [0.05, 0.1) is 11.6 Å². The molecule has 144 valence electrons. The van der Waals surface area contributed by atoms with E-state index in [-0.39, 0.29) is 5.65 Å². The second-order valence-corrected chi connectivity index (χ2v) is 6.68. The van der Waals surface area contributed by atoms with E-state index < -0.39 is 11.9 Å². The summed E-state index contributed by atoms with van der Waals surface area (Å²) in [6.07, 6.45) is -0.528. The van der Waals surface area contributed by atoms with Crippen molar-refractivity contribution < 1.29 is 13.2 Å². The van der Waals surface area contributed by atoms with Gasteiger partial charge in [0.15, 0.2) is 17.2 Å². The van der Waals surface area contributed by atoms with Crippen LogP contribution in [0.25, 0.3) is 5.65 Å². The molecule has 1 aliphatic heterocycles. The third-order valence-electron chi connectivity index (χ3n) is 4.81. The molecule has 3 aromatic rings. The molecule has 9 heteroatoms. The summed E-state index contributed by atoms with van der Waals surface area (Å²) >= 11 is 0. The second kappa shape index (κ2) is 7.13. The van der Waals surface area contributed by atoms with Gasteiger partial charge in [-0.1, -0.05) is 12.1 Å². The molecular weight excluding hydrogens is 369 g/mol. The average molecular weight is 386 g/mol. The molecule has 0 amide bonds. The van der Waals surface area contributed by atoms with Gasteiger partial charge in [-0.05, 0) is 17.7 Å². The van der Waals surface area contributed by atoms with E-state index in [1.54, 1.807) is 12.1 Å². The number of piperazine rings is 1. The number of hydrogen-bond donors (Lipinski definition) is 0. The fourth-order valence-electron chi connectivity index (χ4n) is 3.33. The van der Waals surface area contributed by atoms with Crippen molar-refractivity contribution in [3.63, 3.8) is 0 Å². The standard InChI is InChI=1S/C19H17F3N6/c20-19(21,22)16-13-28-6-5-24-17(18(28)25-16)27-9-7-26(8-10-27)12-15-3-1-14(11-23)2-4-15/h1-6,13H,7-10,12H2. The molecule has 1 fully saturated rings. The van der Waals surface area contributed by atoms with E-state index in [1.165, 1.54) is 16.8 Å². The van der Waals surface area contributed by atoms with E-state index >= 15 is 0 Å². The van der Waals surface area contributed by atoms with Crippen LogP contribution in [0.2, 0.25) is 0 Å². The molecule has 3 heterocycles. The Labute approximate surface area is 159 Å². The lowest BCUT2D eigenvalue weighted by molar-refractivity contribution is -0.140. The molecule has 0 unspecified atom stereocenters. The Hall–Kier alpha value is -3.12. The third kappa shape index (κ3) is 3.64. The van der Waals surface area contributed by atoms with Crippen LogP contribution < -0.4 is 4.90 Å². The van der Waals surface area contributed by atoms with Crippen LogP contribution >= 0.6 is 0 Å². The maximum atomic E-state index is 13.0. The first-order valence-corrected chi connectivity index (χ1v) is 8.81. The Morgan fingerprint density at radius 3 is 2.43 bits per heavy atom. The van der Waals surface area contributed by atoms with E-state index in [2.05, 4.69) is 20.9 Å². The van der Waals surface area contributed by atoms with Crippen LogP contribution in [0, 0.1) is 11.3 Å². The van der Waals surface area contributed by atoms with E-state index in [1.807, 2.05) is 17.0 Å². The van der Waals surface area contributed by atoms with Gasteiger partial charge < -0.3 is 9.30 Å². The molecule has 0 bridgehead atoms. The fraction of sp³-hybridized carbons (Fsp3) is 0.316. The topological polar surface area (TPSA) is 60.5 Å². The lowest BCUT2D eigenvalue weighted by atomic mass is 10.1. The zero-order valence-electron chi connectivity index (χ0n) is 14.9. The van der Waals surface area contributed by atoms with Gasteiger partial charge in [0.1, 0.15) is 0 Å². The van der Waals surface area contributed by atoms with Crippen molar-refractivity contribution in [3.8, 4) is 6.07 Å². The summed E-state index contributed by atoms with van der Waals surface area (Å²) in [4.78, 5) is 12.3. The minimum absolute atomic E-state index is 0.218. The zero-order valence-corrected chi connectivity index (χ0v) is 14.9. The average Bonchev–Trinajstić information content (AvgIpc) is 3.14. The first-order chi connectivity index (χ1) is 13.4. The van der Waals surface area contributed by atoms with Crippen molar-refractivity contribution in [1.82, 2.24) is 19.3 Å². The van der Waals surface area contributed by atoms with E-state index in [4.69, 9.17) is 5.26 Å². The molecule has 0 spiro atoms. The van der Waals surface area contributed by atoms with Crippen LogP contribution in [0.4, 0.5) is 19.0 Å². The Morgan fingerprint density at radius 1 is 1.07 bits per heavy atom. The smallest absolute Gasteiger partial charge is 0.351 e. The molecule has 1 aromatic carbocycles. The van der Waals surface area contributed by atoms with Crippen molar-refractivity contribution in [1.29, 1.82) is 5.26 Å². The molecule has 28 heavy (non-hydrogen) atoms. The third-order valence-corrected chi connectivity index (χ3v) is 4.81. The number of halogens is 3. The summed E-state index contributed by atoms with van der Waals surface area (Å²) in [7, 11) is 0. The first-order valence-electron chi connectivity index (χ1n) is 8.81. The van der Waals surface area contributed by atoms with Crippen LogP contribution in [-0.4, -0.2) is 45.4 Å². The minimum Gasteiger partial charge on any atom is -0.351 e. The number of aromatic nitrogens is 3. The SMILES string of the molecule is N#Cc1ccc(CN2CCN(c3nccn4cc(C(F)(F)F)nc34)CC2)cc1. The first kappa shape index (κ1) is 18.3. The molecule has 0 N–H and O–H groups in total. The van der Waals surface area contributed by atoms with Crippen molar-refractivity contribution in [2.45, 2.75) is 12.7 Å². The Balaban J connectivity index is 1.46. The van der Waals surface area contributed by atoms with Gasteiger partial charge in [0, 0.05) is 51.3 Å².